The number of benzene rings is 3. The first-order valence-electron chi connectivity index (χ1n) is 8.59. The van der Waals surface area contributed by atoms with Gasteiger partial charge in [0.25, 0.3) is 5.91 Å². The van der Waals surface area contributed by atoms with Gasteiger partial charge in [-0.2, -0.15) is 0 Å². The van der Waals surface area contributed by atoms with Crippen LogP contribution in [0.15, 0.2) is 71.7 Å². The summed E-state index contributed by atoms with van der Waals surface area (Å²) in [4.78, 5) is 16.4. The molecule has 0 atom stereocenters. The number of hydrogen-bond donors (Lipinski definition) is 1. The summed E-state index contributed by atoms with van der Waals surface area (Å²) in [5.74, 6) is 0.171. The van der Waals surface area contributed by atoms with Gasteiger partial charge < -0.3 is 10.1 Å². The van der Waals surface area contributed by atoms with Crippen LogP contribution in [0.2, 0.25) is 10.0 Å². The van der Waals surface area contributed by atoms with Crippen molar-refractivity contribution in [2.75, 3.05) is 11.9 Å². The van der Waals surface area contributed by atoms with Crippen molar-refractivity contribution in [2.45, 2.75) is 6.92 Å². The maximum absolute atomic E-state index is 12.0. The van der Waals surface area contributed by atoms with Crippen LogP contribution in [0.5, 0.6) is 5.75 Å². The number of nitrogens with one attached hydrogen (secondary N) is 1. The minimum absolute atomic E-state index is 0.135. The Balaban J connectivity index is 1.59. The number of rotatable bonds is 6. The van der Waals surface area contributed by atoms with E-state index in [0.717, 1.165) is 16.8 Å². The lowest BCUT2D eigenvalue weighted by Gasteiger charge is -2.09. The molecule has 0 unspecified atom stereocenters. The number of halogens is 2. The van der Waals surface area contributed by atoms with Crippen molar-refractivity contribution >= 4 is 46.7 Å². The van der Waals surface area contributed by atoms with Gasteiger partial charge in [-0.3, -0.25) is 9.79 Å². The topological polar surface area (TPSA) is 50.7 Å². The highest BCUT2D eigenvalue weighted by molar-refractivity contribution is 6.32. The molecule has 3 rings (SSSR count). The first kappa shape index (κ1) is 19.9. The fourth-order valence-electron chi connectivity index (χ4n) is 2.39. The summed E-state index contributed by atoms with van der Waals surface area (Å²) in [7, 11) is 0. The third kappa shape index (κ3) is 5.59. The third-order valence-electron chi connectivity index (χ3n) is 3.89. The molecular weight excluding hydrogens is 395 g/mol. The summed E-state index contributed by atoms with van der Waals surface area (Å²) in [6.07, 6.45) is 1.69. The number of para-hydroxylation sites is 1. The van der Waals surface area contributed by atoms with Gasteiger partial charge in [0.05, 0.1) is 10.7 Å². The van der Waals surface area contributed by atoms with Gasteiger partial charge in [-0.15, -0.1) is 0 Å². The average molecular weight is 413 g/mol. The smallest absolute Gasteiger partial charge is 0.262 e. The Morgan fingerprint density at radius 1 is 1.04 bits per heavy atom. The second-order valence-electron chi connectivity index (χ2n) is 6.08. The molecule has 0 bridgehead atoms. The van der Waals surface area contributed by atoms with Crippen LogP contribution in [0.3, 0.4) is 0 Å². The number of aryl methyl sites for hydroxylation is 1. The van der Waals surface area contributed by atoms with Crippen molar-refractivity contribution in [3.63, 3.8) is 0 Å². The second kappa shape index (κ2) is 9.40. The van der Waals surface area contributed by atoms with Crippen molar-refractivity contribution < 1.29 is 9.53 Å². The highest BCUT2D eigenvalue weighted by atomic mass is 35.5. The lowest BCUT2D eigenvalue weighted by Crippen LogP contribution is -2.20. The SMILES string of the molecule is Cc1ccc(N=Cc2ccc(OCC(=O)Nc3ccccc3)c(Cl)c2)cc1Cl. The van der Waals surface area contributed by atoms with E-state index in [4.69, 9.17) is 27.9 Å². The van der Waals surface area contributed by atoms with E-state index in [9.17, 15) is 4.79 Å². The molecule has 0 saturated carbocycles. The zero-order valence-electron chi connectivity index (χ0n) is 15.2. The van der Waals surface area contributed by atoms with Crippen LogP contribution in [0.1, 0.15) is 11.1 Å². The number of nitrogens with zero attached hydrogens (tertiary/aromatic N) is 1. The average Bonchev–Trinajstić information content (AvgIpc) is 2.69. The number of carbonyl (C=O) groups excluding carboxylic acids is 1. The van der Waals surface area contributed by atoms with Crippen LogP contribution in [-0.2, 0) is 4.79 Å². The van der Waals surface area contributed by atoms with Crippen molar-refractivity contribution in [3.8, 4) is 5.75 Å². The van der Waals surface area contributed by atoms with Crippen molar-refractivity contribution in [1.82, 2.24) is 0 Å². The molecule has 0 saturated heterocycles. The van der Waals surface area contributed by atoms with Crippen molar-refractivity contribution in [3.05, 3.63) is 87.9 Å². The van der Waals surface area contributed by atoms with Gasteiger partial charge in [-0.05, 0) is 60.5 Å². The molecule has 1 N–H and O–H groups in total. The minimum Gasteiger partial charge on any atom is -0.482 e. The maximum atomic E-state index is 12.0. The first-order chi connectivity index (χ1) is 13.5. The van der Waals surface area contributed by atoms with E-state index in [2.05, 4.69) is 10.3 Å². The van der Waals surface area contributed by atoms with Crippen LogP contribution in [0.4, 0.5) is 11.4 Å². The monoisotopic (exact) mass is 412 g/mol. The molecule has 28 heavy (non-hydrogen) atoms. The van der Waals surface area contributed by atoms with Crippen LogP contribution in [0, 0.1) is 6.92 Å². The van der Waals surface area contributed by atoms with Crippen LogP contribution in [-0.4, -0.2) is 18.7 Å². The lowest BCUT2D eigenvalue weighted by molar-refractivity contribution is -0.118. The molecule has 142 valence electrons. The molecule has 0 spiro atoms. The van der Waals surface area contributed by atoms with E-state index in [1.54, 1.807) is 36.5 Å². The summed E-state index contributed by atoms with van der Waals surface area (Å²) in [5, 5.41) is 3.82. The second-order valence-corrected chi connectivity index (χ2v) is 6.90. The molecule has 0 radical (unpaired) electrons. The highest BCUT2D eigenvalue weighted by Crippen LogP contribution is 2.26. The molecular formula is C22H18Cl2N2O2. The lowest BCUT2D eigenvalue weighted by atomic mass is 10.2. The van der Waals surface area contributed by atoms with Gasteiger partial charge in [0.2, 0.25) is 0 Å². The molecule has 3 aromatic carbocycles. The summed E-state index contributed by atoms with van der Waals surface area (Å²) in [5.41, 5.74) is 3.28. The molecule has 3 aromatic rings. The van der Waals surface area contributed by atoms with Crippen molar-refractivity contribution in [2.24, 2.45) is 4.99 Å². The standard InChI is InChI=1S/C22H18Cl2N2O2/c1-15-7-9-18(12-19(15)23)25-13-16-8-10-21(20(24)11-16)28-14-22(27)26-17-5-3-2-4-6-17/h2-13H,14H2,1H3,(H,26,27). The highest BCUT2D eigenvalue weighted by Gasteiger charge is 2.07. The van der Waals surface area contributed by atoms with Gasteiger partial charge in [0.15, 0.2) is 6.61 Å². The quantitative estimate of drug-likeness (QED) is 0.499. The Morgan fingerprint density at radius 3 is 2.54 bits per heavy atom. The predicted molar refractivity (Wildman–Crippen MR) is 115 cm³/mol. The number of aliphatic imine (C=N–C) groups is 1. The molecule has 0 aliphatic rings. The zero-order chi connectivity index (χ0) is 19.9. The Labute approximate surface area is 173 Å². The van der Waals surface area contributed by atoms with Crippen LogP contribution < -0.4 is 10.1 Å². The van der Waals surface area contributed by atoms with Crippen LogP contribution in [0.25, 0.3) is 0 Å². The Bertz CT molecular complexity index is 1000. The van der Waals surface area contributed by atoms with E-state index < -0.39 is 0 Å². The van der Waals surface area contributed by atoms with Crippen molar-refractivity contribution in [1.29, 1.82) is 0 Å². The summed E-state index contributed by atoms with van der Waals surface area (Å²) in [6.45, 7) is 1.80. The van der Waals surface area contributed by atoms with E-state index in [1.807, 2.05) is 43.3 Å². The van der Waals surface area contributed by atoms with E-state index in [-0.39, 0.29) is 12.5 Å². The van der Waals surface area contributed by atoms with Crippen LogP contribution >= 0.6 is 23.2 Å². The Morgan fingerprint density at radius 2 is 1.82 bits per heavy atom. The number of carbonyl (C=O) groups is 1. The summed E-state index contributed by atoms with van der Waals surface area (Å²) >= 11 is 12.4. The van der Waals surface area contributed by atoms with E-state index in [1.165, 1.54) is 0 Å². The molecule has 0 heterocycles. The molecule has 0 fully saturated rings. The summed E-state index contributed by atoms with van der Waals surface area (Å²) in [6, 6.07) is 20.0. The number of amides is 1. The van der Waals surface area contributed by atoms with Gasteiger partial charge in [-0.25, -0.2) is 0 Å². The third-order valence-corrected chi connectivity index (χ3v) is 4.59. The fourth-order valence-corrected chi connectivity index (χ4v) is 2.81. The first-order valence-corrected chi connectivity index (χ1v) is 9.34. The number of ether oxygens (including phenoxy) is 1. The maximum Gasteiger partial charge on any atom is 0.262 e. The normalized spacial score (nSPS) is 10.8. The van der Waals surface area contributed by atoms with Gasteiger partial charge in [0.1, 0.15) is 5.75 Å². The van der Waals surface area contributed by atoms with Gasteiger partial charge >= 0.3 is 0 Å². The minimum atomic E-state index is -0.260. The fraction of sp³-hybridized carbons (Fsp3) is 0.0909. The Kier molecular flexibility index (Phi) is 6.69. The number of hydrogen-bond acceptors (Lipinski definition) is 3. The van der Waals surface area contributed by atoms with E-state index in [0.29, 0.717) is 21.5 Å². The predicted octanol–water partition coefficient (Wildman–Crippen LogP) is 6.07. The molecule has 0 aliphatic carbocycles. The Hall–Kier alpha value is -2.82. The molecule has 6 heteroatoms. The van der Waals surface area contributed by atoms with Gasteiger partial charge in [0, 0.05) is 16.9 Å². The number of anilines is 1. The molecule has 4 nitrogen and oxygen atoms in total. The van der Waals surface area contributed by atoms with Gasteiger partial charge in [-0.1, -0.05) is 47.5 Å². The molecule has 0 aromatic heterocycles. The zero-order valence-corrected chi connectivity index (χ0v) is 16.7. The molecule has 0 aliphatic heterocycles. The molecule has 1 amide bonds. The largest absolute Gasteiger partial charge is 0.482 e. The van der Waals surface area contributed by atoms with E-state index >= 15 is 0 Å². The summed E-state index contributed by atoms with van der Waals surface area (Å²) < 4.78 is 5.51.